The Bertz CT molecular complexity index is 446. The predicted molar refractivity (Wildman–Crippen MR) is 74.8 cm³/mol. The van der Waals surface area contributed by atoms with Crippen molar-refractivity contribution in [1.82, 2.24) is 9.88 Å². The number of amides is 1. The monoisotopic (exact) mass is 283 g/mol. The van der Waals surface area contributed by atoms with Crippen molar-refractivity contribution >= 4 is 23.3 Å². The molecule has 0 unspecified atom stereocenters. The maximum absolute atomic E-state index is 12.4. The first-order valence-corrected chi connectivity index (χ1v) is 6.87. The van der Waals surface area contributed by atoms with Crippen molar-refractivity contribution in [3.05, 3.63) is 22.8 Å². The number of hydrogen-bond donors (Lipinski definition) is 1. The predicted octanol–water partition coefficient (Wildman–Crippen LogP) is 2.03. The van der Waals surface area contributed by atoms with Crippen LogP contribution in [0.5, 0.6) is 0 Å². The molecule has 0 bridgehead atoms. The summed E-state index contributed by atoms with van der Waals surface area (Å²) in [6, 6.07) is 3.35. The van der Waals surface area contributed by atoms with Crippen molar-refractivity contribution in [1.29, 1.82) is 0 Å². The summed E-state index contributed by atoms with van der Waals surface area (Å²) in [5.41, 5.74) is 0.567. The molecule has 0 aliphatic carbocycles. The molecule has 1 aliphatic heterocycles. The van der Waals surface area contributed by atoms with E-state index in [1.165, 1.54) is 0 Å². The molecule has 1 aliphatic rings. The van der Waals surface area contributed by atoms with E-state index in [9.17, 15) is 4.79 Å². The smallest absolute Gasteiger partial charge is 0.254 e. The van der Waals surface area contributed by atoms with Gasteiger partial charge in [0, 0.05) is 31.8 Å². The van der Waals surface area contributed by atoms with Crippen LogP contribution in [-0.4, -0.2) is 48.6 Å². The fraction of sp³-hybridized carbons (Fsp3) is 0.538. The highest BCUT2D eigenvalue weighted by atomic mass is 35.5. The van der Waals surface area contributed by atoms with Crippen LogP contribution in [0.3, 0.4) is 0 Å². The van der Waals surface area contributed by atoms with Crippen LogP contribution >= 0.6 is 11.6 Å². The number of pyridine rings is 1. The fourth-order valence-electron chi connectivity index (χ4n) is 2.02. The number of carbonyl (C=O) groups excluding carboxylic acids is 1. The van der Waals surface area contributed by atoms with Crippen molar-refractivity contribution in [2.75, 3.05) is 38.2 Å². The van der Waals surface area contributed by atoms with Gasteiger partial charge in [-0.3, -0.25) is 4.79 Å². The first-order valence-electron chi connectivity index (χ1n) is 6.49. The van der Waals surface area contributed by atoms with Gasteiger partial charge in [-0.15, -0.1) is 0 Å². The zero-order chi connectivity index (χ0) is 13.7. The number of rotatable bonds is 3. The van der Waals surface area contributed by atoms with Crippen molar-refractivity contribution < 1.29 is 9.53 Å². The molecular formula is C13H18ClN3O2. The largest absolute Gasteiger partial charge is 0.380 e. The number of halogens is 1. The first kappa shape index (κ1) is 14.1. The lowest BCUT2D eigenvalue weighted by atomic mass is 10.2. The molecule has 19 heavy (non-hydrogen) atoms. The highest BCUT2D eigenvalue weighted by Crippen LogP contribution is 2.17. The van der Waals surface area contributed by atoms with Gasteiger partial charge in [0.05, 0.1) is 6.61 Å². The Balaban J connectivity index is 2.17. The Morgan fingerprint density at radius 3 is 3.11 bits per heavy atom. The van der Waals surface area contributed by atoms with E-state index in [2.05, 4.69) is 10.3 Å². The Kier molecular flexibility index (Phi) is 4.99. The molecule has 104 valence electrons. The van der Waals surface area contributed by atoms with E-state index in [1.807, 2.05) is 6.92 Å². The molecule has 1 saturated heterocycles. The number of aromatic nitrogens is 1. The van der Waals surface area contributed by atoms with Gasteiger partial charge in [-0.25, -0.2) is 4.98 Å². The minimum absolute atomic E-state index is 0.0195. The van der Waals surface area contributed by atoms with Crippen LogP contribution in [0.1, 0.15) is 23.7 Å². The van der Waals surface area contributed by atoms with Crippen LogP contribution < -0.4 is 5.32 Å². The van der Waals surface area contributed by atoms with Crippen LogP contribution in [0.2, 0.25) is 5.15 Å². The third kappa shape index (κ3) is 3.81. The minimum atomic E-state index is -0.0195. The van der Waals surface area contributed by atoms with Crippen LogP contribution in [0.25, 0.3) is 0 Å². The van der Waals surface area contributed by atoms with Gasteiger partial charge in [-0.1, -0.05) is 11.6 Å². The highest BCUT2D eigenvalue weighted by Gasteiger charge is 2.18. The molecule has 1 N–H and O–H groups in total. The molecule has 2 heterocycles. The van der Waals surface area contributed by atoms with Gasteiger partial charge < -0.3 is 15.0 Å². The second kappa shape index (κ2) is 6.73. The molecule has 0 radical (unpaired) electrons. The SMILES string of the molecule is CCNc1cc(C(=O)N2CCCOCC2)cc(Cl)n1. The second-order valence-electron chi connectivity index (χ2n) is 4.35. The summed E-state index contributed by atoms with van der Waals surface area (Å²) in [5, 5.41) is 3.39. The Labute approximate surface area is 117 Å². The molecule has 5 nitrogen and oxygen atoms in total. The molecule has 0 spiro atoms. The van der Waals surface area contributed by atoms with Gasteiger partial charge in [0.25, 0.3) is 5.91 Å². The Hall–Kier alpha value is -1.33. The van der Waals surface area contributed by atoms with E-state index in [1.54, 1.807) is 17.0 Å². The third-order valence-corrected chi connectivity index (χ3v) is 3.10. The highest BCUT2D eigenvalue weighted by molar-refractivity contribution is 6.29. The fourth-order valence-corrected chi connectivity index (χ4v) is 2.23. The maximum atomic E-state index is 12.4. The molecule has 0 atom stereocenters. The van der Waals surface area contributed by atoms with Crippen LogP contribution in [-0.2, 0) is 4.74 Å². The summed E-state index contributed by atoms with van der Waals surface area (Å²) in [6.45, 7) is 5.34. The molecule has 0 saturated carbocycles. The van der Waals surface area contributed by atoms with Crippen LogP contribution in [0, 0.1) is 0 Å². The van der Waals surface area contributed by atoms with Crippen molar-refractivity contribution in [3.8, 4) is 0 Å². The van der Waals surface area contributed by atoms with Gasteiger partial charge in [0.1, 0.15) is 11.0 Å². The maximum Gasteiger partial charge on any atom is 0.254 e. The van der Waals surface area contributed by atoms with Crippen molar-refractivity contribution in [2.45, 2.75) is 13.3 Å². The zero-order valence-corrected chi connectivity index (χ0v) is 11.7. The summed E-state index contributed by atoms with van der Waals surface area (Å²) in [7, 11) is 0. The number of carbonyl (C=O) groups is 1. The van der Waals surface area contributed by atoms with Gasteiger partial charge in [0.2, 0.25) is 0 Å². The number of ether oxygens (including phenoxy) is 1. The van der Waals surface area contributed by atoms with Gasteiger partial charge >= 0.3 is 0 Å². The summed E-state index contributed by atoms with van der Waals surface area (Å²) in [6.07, 6.45) is 0.866. The second-order valence-corrected chi connectivity index (χ2v) is 4.74. The standard InChI is InChI=1S/C13H18ClN3O2/c1-2-15-12-9-10(8-11(14)16-12)13(18)17-4-3-6-19-7-5-17/h8-9H,2-7H2,1H3,(H,15,16). The molecular weight excluding hydrogens is 266 g/mol. The van der Waals surface area contributed by atoms with Crippen molar-refractivity contribution in [3.63, 3.8) is 0 Å². The molecule has 1 aromatic rings. The molecule has 1 fully saturated rings. The van der Waals surface area contributed by atoms with Crippen LogP contribution in [0.15, 0.2) is 12.1 Å². The summed E-state index contributed by atoms with van der Waals surface area (Å²) in [4.78, 5) is 18.3. The zero-order valence-electron chi connectivity index (χ0n) is 11.0. The average molecular weight is 284 g/mol. The van der Waals surface area contributed by atoms with Crippen LogP contribution in [0.4, 0.5) is 5.82 Å². The molecule has 1 amide bonds. The van der Waals surface area contributed by atoms with E-state index < -0.39 is 0 Å². The average Bonchev–Trinajstić information content (AvgIpc) is 2.66. The molecule has 1 aromatic heterocycles. The Morgan fingerprint density at radius 1 is 1.47 bits per heavy atom. The molecule has 6 heteroatoms. The molecule has 2 rings (SSSR count). The van der Waals surface area contributed by atoms with Gasteiger partial charge in [-0.2, -0.15) is 0 Å². The lowest BCUT2D eigenvalue weighted by molar-refractivity contribution is 0.0741. The van der Waals surface area contributed by atoms with Crippen molar-refractivity contribution in [2.24, 2.45) is 0 Å². The van der Waals surface area contributed by atoms with Gasteiger partial charge in [0.15, 0.2) is 0 Å². The minimum Gasteiger partial charge on any atom is -0.380 e. The van der Waals surface area contributed by atoms with E-state index in [0.717, 1.165) is 19.5 Å². The Morgan fingerprint density at radius 2 is 2.32 bits per heavy atom. The number of nitrogens with zero attached hydrogens (tertiary/aromatic N) is 2. The number of anilines is 1. The van der Waals surface area contributed by atoms with Gasteiger partial charge in [-0.05, 0) is 25.5 Å². The summed E-state index contributed by atoms with van der Waals surface area (Å²) in [5.74, 6) is 0.610. The quantitative estimate of drug-likeness (QED) is 0.863. The van der Waals surface area contributed by atoms with E-state index in [0.29, 0.717) is 36.3 Å². The lowest BCUT2D eigenvalue weighted by Crippen LogP contribution is -2.33. The first-order chi connectivity index (χ1) is 9.20. The number of hydrogen-bond acceptors (Lipinski definition) is 4. The lowest BCUT2D eigenvalue weighted by Gasteiger charge is -2.20. The summed E-state index contributed by atoms with van der Waals surface area (Å²) >= 11 is 5.95. The van der Waals surface area contributed by atoms with E-state index in [4.69, 9.17) is 16.3 Å². The third-order valence-electron chi connectivity index (χ3n) is 2.91. The summed E-state index contributed by atoms with van der Waals surface area (Å²) < 4.78 is 5.35. The number of nitrogens with one attached hydrogen (secondary N) is 1. The normalized spacial score (nSPS) is 16.0. The molecule has 0 aromatic carbocycles. The van der Waals surface area contributed by atoms with E-state index in [-0.39, 0.29) is 5.91 Å². The van der Waals surface area contributed by atoms with E-state index >= 15 is 0 Å². The topological polar surface area (TPSA) is 54.5 Å².